The number of carbonyl (C=O) groups excluding carboxylic acids is 1. The molecule has 1 N–H and O–H groups in total. The van der Waals surface area contributed by atoms with Gasteiger partial charge in [-0.25, -0.2) is 0 Å². The Labute approximate surface area is 98.9 Å². The molecule has 0 bridgehead atoms. The van der Waals surface area contributed by atoms with E-state index < -0.39 is 0 Å². The number of rotatable bonds is 4. The third-order valence-electron chi connectivity index (χ3n) is 3.81. The highest BCUT2D eigenvalue weighted by Gasteiger charge is 2.43. The number of piperidine rings is 1. The summed E-state index contributed by atoms with van der Waals surface area (Å²) < 4.78 is 4.99. The minimum atomic E-state index is -0.281. The smallest absolute Gasteiger partial charge is 0.313 e. The molecule has 1 aliphatic heterocycles. The maximum absolute atomic E-state index is 12.0. The van der Waals surface area contributed by atoms with Gasteiger partial charge in [-0.15, -0.1) is 0 Å². The second-order valence-electron chi connectivity index (χ2n) is 5.36. The Kier molecular flexibility index (Phi) is 4.78. The van der Waals surface area contributed by atoms with Gasteiger partial charge in [0.1, 0.15) is 0 Å². The average Bonchev–Trinajstić information content (AvgIpc) is 2.28. The van der Waals surface area contributed by atoms with Gasteiger partial charge in [0.15, 0.2) is 0 Å². The van der Waals surface area contributed by atoms with E-state index in [1.54, 1.807) is 0 Å². The Balaban J connectivity index is 2.79. The van der Waals surface area contributed by atoms with Crippen LogP contribution in [0.25, 0.3) is 0 Å². The van der Waals surface area contributed by atoms with Crippen LogP contribution in [0.1, 0.15) is 40.0 Å². The number of esters is 1. The molecule has 16 heavy (non-hydrogen) atoms. The SMILES string of the molecule is CCC[C@]1(C(=O)OC)CNC[C@H](C(C)C)C1. The van der Waals surface area contributed by atoms with Crippen LogP contribution in [0.2, 0.25) is 0 Å². The third-order valence-corrected chi connectivity index (χ3v) is 3.81. The van der Waals surface area contributed by atoms with Crippen LogP contribution in [-0.2, 0) is 9.53 Å². The molecule has 3 nitrogen and oxygen atoms in total. The van der Waals surface area contributed by atoms with Crippen molar-refractivity contribution in [3.8, 4) is 0 Å². The zero-order valence-electron chi connectivity index (χ0n) is 11.0. The van der Waals surface area contributed by atoms with Gasteiger partial charge in [-0.2, -0.15) is 0 Å². The van der Waals surface area contributed by atoms with Crippen LogP contribution in [-0.4, -0.2) is 26.2 Å². The number of nitrogens with one attached hydrogen (secondary N) is 1. The average molecular weight is 227 g/mol. The molecule has 0 aromatic rings. The van der Waals surface area contributed by atoms with Gasteiger partial charge >= 0.3 is 5.97 Å². The molecule has 0 unspecified atom stereocenters. The van der Waals surface area contributed by atoms with E-state index in [4.69, 9.17) is 4.74 Å². The van der Waals surface area contributed by atoms with E-state index in [-0.39, 0.29) is 11.4 Å². The molecule has 1 rings (SSSR count). The fraction of sp³-hybridized carbons (Fsp3) is 0.923. The first kappa shape index (κ1) is 13.5. The lowest BCUT2D eigenvalue weighted by molar-refractivity contribution is -0.156. The first-order valence-electron chi connectivity index (χ1n) is 6.35. The second-order valence-corrected chi connectivity index (χ2v) is 5.36. The number of hydrogen-bond acceptors (Lipinski definition) is 3. The van der Waals surface area contributed by atoms with Crippen molar-refractivity contribution in [3.05, 3.63) is 0 Å². The highest BCUT2D eigenvalue weighted by Crippen LogP contribution is 2.37. The molecule has 1 saturated heterocycles. The van der Waals surface area contributed by atoms with Gasteiger partial charge < -0.3 is 10.1 Å². The molecule has 0 saturated carbocycles. The standard InChI is InChI=1S/C13H25NO2/c1-5-6-13(12(15)16-4)7-11(10(2)3)8-14-9-13/h10-11,14H,5-9H2,1-4H3/t11-,13-/m1/s1. The summed E-state index contributed by atoms with van der Waals surface area (Å²) in [4.78, 5) is 12.0. The number of ether oxygens (including phenoxy) is 1. The predicted molar refractivity (Wildman–Crippen MR) is 65.2 cm³/mol. The van der Waals surface area contributed by atoms with Crippen LogP contribution < -0.4 is 5.32 Å². The predicted octanol–water partition coefficient (Wildman–Crippen LogP) is 2.21. The van der Waals surface area contributed by atoms with E-state index in [1.165, 1.54) is 7.11 Å². The Morgan fingerprint density at radius 1 is 1.56 bits per heavy atom. The van der Waals surface area contributed by atoms with Crippen molar-refractivity contribution in [1.82, 2.24) is 5.32 Å². The molecule has 0 aromatic carbocycles. The number of carbonyl (C=O) groups is 1. The van der Waals surface area contributed by atoms with Crippen LogP contribution in [0, 0.1) is 17.3 Å². The Morgan fingerprint density at radius 3 is 2.75 bits per heavy atom. The zero-order chi connectivity index (χ0) is 12.2. The van der Waals surface area contributed by atoms with Crippen molar-refractivity contribution < 1.29 is 9.53 Å². The van der Waals surface area contributed by atoms with Crippen molar-refractivity contribution in [1.29, 1.82) is 0 Å². The molecule has 2 atom stereocenters. The number of hydrogen-bond donors (Lipinski definition) is 1. The molecule has 0 spiro atoms. The van der Waals surface area contributed by atoms with E-state index in [9.17, 15) is 4.79 Å². The molecule has 0 radical (unpaired) electrons. The monoisotopic (exact) mass is 227 g/mol. The molecule has 94 valence electrons. The maximum atomic E-state index is 12.0. The second kappa shape index (κ2) is 5.67. The van der Waals surface area contributed by atoms with Gasteiger partial charge in [0.05, 0.1) is 12.5 Å². The van der Waals surface area contributed by atoms with E-state index >= 15 is 0 Å². The quantitative estimate of drug-likeness (QED) is 0.748. The molecule has 0 aliphatic carbocycles. The summed E-state index contributed by atoms with van der Waals surface area (Å²) in [6, 6.07) is 0. The van der Waals surface area contributed by atoms with Crippen molar-refractivity contribution in [3.63, 3.8) is 0 Å². The van der Waals surface area contributed by atoms with E-state index in [0.717, 1.165) is 32.4 Å². The Bertz CT molecular complexity index is 236. The van der Waals surface area contributed by atoms with E-state index in [1.807, 2.05) is 0 Å². The highest BCUT2D eigenvalue weighted by atomic mass is 16.5. The summed E-state index contributed by atoms with van der Waals surface area (Å²) in [5.41, 5.74) is -0.281. The summed E-state index contributed by atoms with van der Waals surface area (Å²) in [6.45, 7) is 8.39. The lowest BCUT2D eigenvalue weighted by atomic mass is 9.70. The molecule has 3 heteroatoms. The number of methoxy groups -OCH3 is 1. The summed E-state index contributed by atoms with van der Waals surface area (Å²) in [6.07, 6.45) is 2.93. The first-order valence-corrected chi connectivity index (χ1v) is 6.35. The molecular weight excluding hydrogens is 202 g/mol. The normalized spacial score (nSPS) is 30.4. The fourth-order valence-corrected chi connectivity index (χ4v) is 2.76. The zero-order valence-corrected chi connectivity index (χ0v) is 11.0. The third kappa shape index (κ3) is 2.76. The largest absolute Gasteiger partial charge is 0.469 e. The molecule has 0 amide bonds. The maximum Gasteiger partial charge on any atom is 0.313 e. The van der Waals surface area contributed by atoms with Gasteiger partial charge in [-0.05, 0) is 31.2 Å². The van der Waals surface area contributed by atoms with Crippen LogP contribution in [0.5, 0.6) is 0 Å². The highest BCUT2D eigenvalue weighted by molar-refractivity contribution is 5.77. The van der Waals surface area contributed by atoms with Crippen molar-refractivity contribution in [2.75, 3.05) is 20.2 Å². The van der Waals surface area contributed by atoms with Crippen LogP contribution >= 0.6 is 0 Å². The Morgan fingerprint density at radius 2 is 2.25 bits per heavy atom. The van der Waals surface area contributed by atoms with Crippen LogP contribution in [0.3, 0.4) is 0 Å². The minimum absolute atomic E-state index is 0.0350. The van der Waals surface area contributed by atoms with Gasteiger partial charge in [-0.3, -0.25) is 4.79 Å². The molecule has 0 aromatic heterocycles. The molecular formula is C13H25NO2. The Hall–Kier alpha value is -0.570. The molecule has 1 heterocycles. The summed E-state index contributed by atoms with van der Waals surface area (Å²) >= 11 is 0. The fourth-order valence-electron chi connectivity index (χ4n) is 2.76. The van der Waals surface area contributed by atoms with E-state index in [0.29, 0.717) is 11.8 Å². The molecule has 1 fully saturated rings. The van der Waals surface area contributed by atoms with Gasteiger partial charge in [0.2, 0.25) is 0 Å². The van der Waals surface area contributed by atoms with E-state index in [2.05, 4.69) is 26.1 Å². The van der Waals surface area contributed by atoms with Crippen LogP contribution in [0.4, 0.5) is 0 Å². The summed E-state index contributed by atoms with van der Waals surface area (Å²) in [7, 11) is 1.50. The van der Waals surface area contributed by atoms with Crippen LogP contribution in [0.15, 0.2) is 0 Å². The lowest BCUT2D eigenvalue weighted by Gasteiger charge is -2.40. The first-order chi connectivity index (χ1) is 7.55. The van der Waals surface area contributed by atoms with Crippen molar-refractivity contribution >= 4 is 5.97 Å². The van der Waals surface area contributed by atoms with Crippen molar-refractivity contribution in [2.45, 2.75) is 40.0 Å². The van der Waals surface area contributed by atoms with Gasteiger partial charge in [0, 0.05) is 6.54 Å². The van der Waals surface area contributed by atoms with Gasteiger partial charge in [-0.1, -0.05) is 27.2 Å². The minimum Gasteiger partial charge on any atom is -0.469 e. The summed E-state index contributed by atoms with van der Waals surface area (Å²) in [5.74, 6) is 1.17. The molecule has 1 aliphatic rings. The lowest BCUT2D eigenvalue weighted by Crippen LogP contribution is -2.50. The van der Waals surface area contributed by atoms with Crippen molar-refractivity contribution in [2.24, 2.45) is 17.3 Å². The topological polar surface area (TPSA) is 38.3 Å². The van der Waals surface area contributed by atoms with Gasteiger partial charge in [0.25, 0.3) is 0 Å². The summed E-state index contributed by atoms with van der Waals surface area (Å²) in [5, 5.41) is 3.41.